The molecular formula is C22H16F2N2O. The van der Waals surface area contributed by atoms with E-state index in [-0.39, 0.29) is 17.5 Å². The van der Waals surface area contributed by atoms with Gasteiger partial charge in [-0.05, 0) is 47.7 Å². The van der Waals surface area contributed by atoms with Crippen molar-refractivity contribution < 1.29 is 8.78 Å². The van der Waals surface area contributed by atoms with E-state index in [2.05, 4.69) is 28.7 Å². The van der Waals surface area contributed by atoms with E-state index in [1.54, 1.807) is 37.8 Å². The number of halogens is 2. The lowest BCUT2D eigenvalue weighted by molar-refractivity contribution is 0.574. The third-order valence-electron chi connectivity index (χ3n) is 4.12. The Balaban J connectivity index is 1.97. The van der Waals surface area contributed by atoms with Crippen molar-refractivity contribution in [1.29, 1.82) is 0 Å². The molecule has 1 N–H and O–H groups in total. The van der Waals surface area contributed by atoms with E-state index < -0.39 is 17.6 Å². The minimum Gasteiger partial charge on any atom is -0.367 e. The molecule has 0 saturated heterocycles. The first kappa shape index (κ1) is 18.2. The largest absolute Gasteiger partial charge is 0.367 e. The summed E-state index contributed by atoms with van der Waals surface area (Å²) in [6, 6.07) is 8.34. The molecule has 27 heavy (non-hydrogen) atoms. The molecule has 0 radical (unpaired) electrons. The lowest BCUT2D eigenvalue weighted by Crippen LogP contribution is -2.23. The average Bonchev–Trinajstić information content (AvgIpc) is 3.17. The van der Waals surface area contributed by atoms with Crippen molar-refractivity contribution in [2.45, 2.75) is 12.3 Å². The maximum Gasteiger partial charge on any atom is 0.254 e. The topological polar surface area (TPSA) is 37.8 Å². The average molecular weight is 362 g/mol. The first-order chi connectivity index (χ1) is 13.1. The van der Waals surface area contributed by atoms with Crippen LogP contribution >= 0.6 is 0 Å². The van der Waals surface area contributed by atoms with Crippen LogP contribution in [0.5, 0.6) is 0 Å². The number of benzene rings is 1. The van der Waals surface area contributed by atoms with Crippen molar-refractivity contribution in [2.75, 3.05) is 0 Å². The van der Waals surface area contributed by atoms with E-state index in [1.807, 2.05) is 6.07 Å². The van der Waals surface area contributed by atoms with Crippen LogP contribution in [-0.2, 0) is 7.05 Å². The Morgan fingerprint density at radius 2 is 2.00 bits per heavy atom. The summed E-state index contributed by atoms with van der Waals surface area (Å²) in [5.74, 6) is 9.32. The highest BCUT2D eigenvalue weighted by Crippen LogP contribution is 2.28. The zero-order valence-electron chi connectivity index (χ0n) is 14.6. The van der Waals surface area contributed by atoms with Gasteiger partial charge >= 0.3 is 0 Å². The molecule has 0 aliphatic carbocycles. The molecule has 0 spiro atoms. The highest BCUT2D eigenvalue weighted by atomic mass is 19.1. The van der Waals surface area contributed by atoms with Crippen molar-refractivity contribution in [3.05, 3.63) is 93.7 Å². The third kappa shape index (κ3) is 4.34. The molecule has 1 aromatic carbocycles. The van der Waals surface area contributed by atoms with E-state index >= 15 is 0 Å². The molecule has 3 rings (SSSR count). The van der Waals surface area contributed by atoms with E-state index in [1.165, 1.54) is 4.57 Å². The van der Waals surface area contributed by atoms with E-state index in [9.17, 15) is 13.6 Å². The van der Waals surface area contributed by atoms with Crippen molar-refractivity contribution in [2.24, 2.45) is 7.05 Å². The Kier molecular flexibility index (Phi) is 5.54. The van der Waals surface area contributed by atoms with Crippen molar-refractivity contribution >= 4 is 0 Å². The van der Waals surface area contributed by atoms with Crippen LogP contribution in [0.25, 0.3) is 0 Å². The van der Waals surface area contributed by atoms with Crippen LogP contribution in [0.3, 0.4) is 0 Å². The molecule has 0 fully saturated rings. The maximum atomic E-state index is 14.3. The number of hydrogen-bond donors (Lipinski definition) is 1. The van der Waals surface area contributed by atoms with Gasteiger partial charge in [-0.2, -0.15) is 0 Å². The summed E-state index contributed by atoms with van der Waals surface area (Å²) in [7, 11) is 1.61. The predicted molar refractivity (Wildman–Crippen MR) is 99.9 cm³/mol. The van der Waals surface area contributed by atoms with Gasteiger partial charge in [-0.15, -0.1) is 0 Å². The Bertz CT molecular complexity index is 1120. The van der Waals surface area contributed by atoms with Crippen molar-refractivity contribution in [3.63, 3.8) is 0 Å². The lowest BCUT2D eigenvalue weighted by Gasteiger charge is -2.16. The van der Waals surface area contributed by atoms with Crippen LogP contribution in [0.4, 0.5) is 8.78 Å². The summed E-state index contributed by atoms with van der Waals surface area (Å²) < 4.78 is 29.4. The van der Waals surface area contributed by atoms with Crippen molar-refractivity contribution in [1.82, 2.24) is 9.55 Å². The van der Waals surface area contributed by atoms with Crippen LogP contribution in [0.2, 0.25) is 0 Å². The van der Waals surface area contributed by atoms with Gasteiger partial charge in [0.2, 0.25) is 0 Å². The Morgan fingerprint density at radius 1 is 1.15 bits per heavy atom. The zero-order chi connectivity index (χ0) is 19.2. The number of aryl methyl sites for hydroxylation is 1. The molecule has 0 bridgehead atoms. The monoisotopic (exact) mass is 362 g/mol. The minimum absolute atomic E-state index is 0.103. The van der Waals surface area contributed by atoms with Gasteiger partial charge in [-0.3, -0.25) is 4.79 Å². The molecule has 0 amide bonds. The standard InChI is InChI=1S/C22H16F2N2O/c1-26-13-5-8-19(22(26)27)18(20-14-17(23)9-10-21(20)24)7-4-2-3-6-16-11-12-25-15-16/h5,8-15,18,25H,7H2,1H3. The fraction of sp³-hybridized carbons (Fsp3) is 0.136. The Labute approximate surface area is 155 Å². The molecule has 0 saturated carbocycles. The second-order valence-electron chi connectivity index (χ2n) is 5.95. The van der Waals surface area contributed by atoms with E-state index in [4.69, 9.17) is 0 Å². The van der Waals surface area contributed by atoms with E-state index in [0.29, 0.717) is 5.56 Å². The molecule has 0 aliphatic rings. The first-order valence-corrected chi connectivity index (χ1v) is 8.28. The second-order valence-corrected chi connectivity index (χ2v) is 5.95. The smallest absolute Gasteiger partial charge is 0.254 e. The number of hydrogen-bond acceptors (Lipinski definition) is 1. The van der Waals surface area contributed by atoms with Crippen LogP contribution in [0, 0.1) is 35.3 Å². The highest BCUT2D eigenvalue weighted by Gasteiger charge is 2.21. The number of aromatic nitrogens is 2. The number of nitrogens with zero attached hydrogens (tertiary/aromatic N) is 1. The van der Waals surface area contributed by atoms with Crippen LogP contribution in [-0.4, -0.2) is 9.55 Å². The third-order valence-corrected chi connectivity index (χ3v) is 4.12. The van der Waals surface area contributed by atoms with Gasteiger partial charge < -0.3 is 9.55 Å². The number of nitrogens with one attached hydrogen (secondary N) is 1. The molecule has 5 heteroatoms. The van der Waals surface area contributed by atoms with Gasteiger partial charge in [0.15, 0.2) is 0 Å². The lowest BCUT2D eigenvalue weighted by atomic mass is 9.89. The quantitative estimate of drug-likeness (QED) is 0.711. The van der Waals surface area contributed by atoms with Gasteiger partial charge in [0.1, 0.15) is 11.6 Å². The minimum atomic E-state index is -0.692. The summed E-state index contributed by atoms with van der Waals surface area (Å²) in [6.07, 6.45) is 5.25. The van der Waals surface area contributed by atoms with Gasteiger partial charge in [0.05, 0.1) is 0 Å². The molecule has 0 aliphatic heterocycles. The Morgan fingerprint density at radius 3 is 2.78 bits per heavy atom. The van der Waals surface area contributed by atoms with Crippen LogP contribution in [0.1, 0.15) is 29.0 Å². The normalized spacial score (nSPS) is 11.1. The van der Waals surface area contributed by atoms with Gasteiger partial charge in [0, 0.05) is 49.1 Å². The summed E-state index contributed by atoms with van der Waals surface area (Å²) in [4.78, 5) is 15.4. The zero-order valence-corrected chi connectivity index (χ0v) is 14.6. The number of pyridine rings is 1. The fourth-order valence-corrected chi connectivity index (χ4v) is 2.76. The number of H-pyrrole nitrogens is 1. The Hall–Kier alpha value is -3.57. The van der Waals surface area contributed by atoms with Gasteiger partial charge in [-0.25, -0.2) is 8.78 Å². The molecule has 3 nitrogen and oxygen atoms in total. The maximum absolute atomic E-state index is 14.3. The molecular weight excluding hydrogens is 346 g/mol. The second kappa shape index (κ2) is 8.21. The molecule has 2 heterocycles. The van der Waals surface area contributed by atoms with E-state index in [0.717, 1.165) is 23.8 Å². The number of rotatable bonds is 3. The van der Waals surface area contributed by atoms with Crippen molar-refractivity contribution in [3.8, 4) is 23.7 Å². The molecule has 134 valence electrons. The summed E-state index contributed by atoms with van der Waals surface area (Å²) >= 11 is 0. The first-order valence-electron chi connectivity index (χ1n) is 8.28. The highest BCUT2D eigenvalue weighted by molar-refractivity contribution is 5.40. The number of aromatic amines is 1. The summed E-state index contributed by atoms with van der Waals surface area (Å²) in [5.41, 5.74) is 0.990. The predicted octanol–water partition coefficient (Wildman–Crippen LogP) is 3.57. The molecule has 3 aromatic rings. The summed E-state index contributed by atoms with van der Waals surface area (Å²) in [5, 5.41) is 0. The molecule has 2 aromatic heterocycles. The fourth-order valence-electron chi connectivity index (χ4n) is 2.76. The molecule has 1 atom stereocenters. The van der Waals surface area contributed by atoms with Gasteiger partial charge in [0.25, 0.3) is 5.56 Å². The SMILES string of the molecule is Cn1cccc(C(CC#CC#Cc2cc[nH]c2)c2cc(F)ccc2F)c1=O. The van der Waals surface area contributed by atoms with Gasteiger partial charge in [-0.1, -0.05) is 17.9 Å². The summed E-state index contributed by atoms with van der Waals surface area (Å²) in [6.45, 7) is 0. The van der Waals surface area contributed by atoms with Crippen LogP contribution < -0.4 is 5.56 Å². The molecule has 1 unspecified atom stereocenters. The van der Waals surface area contributed by atoms with Crippen LogP contribution in [0.15, 0.2) is 59.8 Å².